The molecular formula is C11H11F3N2O4. The van der Waals surface area contributed by atoms with Crippen LogP contribution in [0.15, 0.2) is 12.1 Å². The molecule has 1 rings (SSSR count). The zero-order valence-electron chi connectivity index (χ0n) is 10.1. The Kier molecular flexibility index (Phi) is 5.78. The minimum Gasteiger partial charge on any atom is -0.480 e. The number of benzene rings is 1. The average Bonchev–Trinajstić information content (AvgIpc) is 2.35. The highest BCUT2D eigenvalue weighted by molar-refractivity contribution is 5.89. The number of carbonyl (C=O) groups excluding carboxylic acids is 1. The minimum atomic E-state index is -1.63. The van der Waals surface area contributed by atoms with Crippen LogP contribution in [-0.4, -0.2) is 36.9 Å². The van der Waals surface area contributed by atoms with Crippen molar-refractivity contribution in [1.29, 1.82) is 0 Å². The molecule has 20 heavy (non-hydrogen) atoms. The molecule has 3 N–H and O–H groups in total. The van der Waals surface area contributed by atoms with Crippen molar-refractivity contribution in [2.24, 2.45) is 0 Å². The van der Waals surface area contributed by atoms with Gasteiger partial charge in [0.05, 0.1) is 6.61 Å². The van der Waals surface area contributed by atoms with Gasteiger partial charge in [0, 0.05) is 24.4 Å². The molecule has 0 aliphatic rings. The van der Waals surface area contributed by atoms with E-state index in [4.69, 9.17) is 5.11 Å². The first-order chi connectivity index (χ1) is 9.40. The number of amides is 2. The Bertz CT molecular complexity index is 487. The summed E-state index contributed by atoms with van der Waals surface area (Å²) in [6.07, 6.45) is 0. The van der Waals surface area contributed by atoms with Crippen LogP contribution in [0.2, 0.25) is 0 Å². The number of anilines is 1. The zero-order valence-corrected chi connectivity index (χ0v) is 10.1. The summed E-state index contributed by atoms with van der Waals surface area (Å²) >= 11 is 0. The number of carboxylic acids is 1. The van der Waals surface area contributed by atoms with Crippen molar-refractivity contribution in [1.82, 2.24) is 5.32 Å². The fourth-order valence-corrected chi connectivity index (χ4v) is 1.20. The third-order valence-electron chi connectivity index (χ3n) is 2.00. The maximum Gasteiger partial charge on any atom is 0.329 e. The lowest BCUT2D eigenvalue weighted by molar-refractivity contribution is -0.142. The average molecular weight is 292 g/mol. The third kappa shape index (κ3) is 5.14. The Morgan fingerprint density at radius 3 is 2.35 bits per heavy atom. The van der Waals surface area contributed by atoms with Gasteiger partial charge in [0.1, 0.15) is 6.61 Å². The van der Waals surface area contributed by atoms with Gasteiger partial charge in [0.15, 0.2) is 17.5 Å². The summed E-state index contributed by atoms with van der Waals surface area (Å²) in [6.45, 7) is -0.561. The Morgan fingerprint density at radius 1 is 1.20 bits per heavy atom. The number of carbonyl (C=O) groups is 2. The van der Waals surface area contributed by atoms with Crippen LogP contribution in [0, 0.1) is 17.5 Å². The van der Waals surface area contributed by atoms with Crippen molar-refractivity contribution in [3.63, 3.8) is 0 Å². The van der Waals surface area contributed by atoms with Gasteiger partial charge in [-0.25, -0.2) is 22.8 Å². The summed E-state index contributed by atoms with van der Waals surface area (Å²) in [4.78, 5) is 21.4. The standard InChI is InChI=1S/C11H11F3N2O4/c12-7-3-6(4-8(13)10(7)14)16-11(19)15-1-2-20-5-9(17)18/h3-4H,1-2,5H2,(H,17,18)(H2,15,16,19). The summed E-state index contributed by atoms with van der Waals surface area (Å²) in [7, 11) is 0. The lowest BCUT2D eigenvalue weighted by Crippen LogP contribution is -2.32. The van der Waals surface area contributed by atoms with Gasteiger partial charge in [-0.1, -0.05) is 0 Å². The summed E-state index contributed by atoms with van der Waals surface area (Å²) < 4.78 is 43.0. The van der Waals surface area contributed by atoms with E-state index in [1.54, 1.807) is 0 Å². The third-order valence-corrected chi connectivity index (χ3v) is 2.00. The van der Waals surface area contributed by atoms with Gasteiger partial charge in [0.2, 0.25) is 0 Å². The molecule has 0 atom stereocenters. The zero-order chi connectivity index (χ0) is 15.1. The fraction of sp³-hybridized carbons (Fsp3) is 0.273. The van der Waals surface area contributed by atoms with E-state index < -0.39 is 36.1 Å². The molecule has 1 aromatic rings. The van der Waals surface area contributed by atoms with E-state index in [1.165, 1.54) is 0 Å². The number of urea groups is 1. The van der Waals surface area contributed by atoms with Gasteiger partial charge in [-0.15, -0.1) is 0 Å². The SMILES string of the molecule is O=C(O)COCCNC(=O)Nc1cc(F)c(F)c(F)c1. The van der Waals surface area contributed by atoms with E-state index in [2.05, 4.69) is 15.4 Å². The van der Waals surface area contributed by atoms with E-state index in [1.807, 2.05) is 0 Å². The Hall–Kier alpha value is -2.29. The molecule has 0 unspecified atom stereocenters. The van der Waals surface area contributed by atoms with E-state index in [0.717, 1.165) is 0 Å². The number of hydrogen-bond acceptors (Lipinski definition) is 3. The van der Waals surface area contributed by atoms with Crippen molar-refractivity contribution in [2.75, 3.05) is 25.1 Å². The van der Waals surface area contributed by atoms with Crippen LogP contribution in [0.25, 0.3) is 0 Å². The Balaban J connectivity index is 2.37. The van der Waals surface area contributed by atoms with Gasteiger partial charge in [-0.3, -0.25) is 0 Å². The Labute approximate surface area is 111 Å². The molecule has 0 radical (unpaired) electrons. The van der Waals surface area contributed by atoms with Gasteiger partial charge in [0.25, 0.3) is 0 Å². The van der Waals surface area contributed by atoms with Crippen LogP contribution < -0.4 is 10.6 Å². The number of ether oxygens (including phenoxy) is 1. The van der Waals surface area contributed by atoms with Gasteiger partial charge in [-0.05, 0) is 0 Å². The molecule has 0 bridgehead atoms. The number of rotatable bonds is 6. The van der Waals surface area contributed by atoms with E-state index in [-0.39, 0.29) is 18.8 Å². The molecule has 0 aromatic heterocycles. The second-order valence-corrected chi connectivity index (χ2v) is 3.58. The lowest BCUT2D eigenvalue weighted by atomic mass is 10.3. The molecule has 0 aliphatic heterocycles. The number of aliphatic carboxylic acids is 1. The van der Waals surface area contributed by atoms with E-state index >= 15 is 0 Å². The van der Waals surface area contributed by atoms with Crippen LogP contribution >= 0.6 is 0 Å². The van der Waals surface area contributed by atoms with Gasteiger partial charge in [-0.2, -0.15) is 0 Å². The number of hydrogen-bond donors (Lipinski definition) is 3. The highest BCUT2D eigenvalue weighted by atomic mass is 19.2. The summed E-state index contributed by atoms with van der Waals surface area (Å²) in [5.41, 5.74) is -0.259. The highest BCUT2D eigenvalue weighted by Crippen LogP contribution is 2.17. The molecule has 110 valence electrons. The van der Waals surface area contributed by atoms with Gasteiger partial charge >= 0.3 is 12.0 Å². The van der Waals surface area contributed by atoms with Crippen LogP contribution in [0.4, 0.5) is 23.7 Å². The molecular weight excluding hydrogens is 281 g/mol. The first kappa shape index (κ1) is 15.8. The summed E-state index contributed by atoms with van der Waals surface area (Å²) in [6, 6.07) is 0.451. The second-order valence-electron chi connectivity index (χ2n) is 3.58. The molecule has 0 aliphatic carbocycles. The van der Waals surface area contributed by atoms with Crippen molar-refractivity contribution in [3.05, 3.63) is 29.6 Å². The number of halogens is 3. The minimum absolute atomic E-state index is 0.00866. The van der Waals surface area contributed by atoms with Gasteiger partial charge < -0.3 is 20.5 Å². The van der Waals surface area contributed by atoms with Crippen molar-refractivity contribution >= 4 is 17.7 Å². The normalized spacial score (nSPS) is 10.2. The first-order valence-corrected chi connectivity index (χ1v) is 5.39. The summed E-state index contributed by atoms with van der Waals surface area (Å²) in [5, 5.41) is 12.6. The largest absolute Gasteiger partial charge is 0.480 e. The first-order valence-electron chi connectivity index (χ1n) is 5.39. The lowest BCUT2D eigenvalue weighted by Gasteiger charge is -2.08. The molecule has 0 fully saturated rings. The summed E-state index contributed by atoms with van der Waals surface area (Å²) in [5.74, 6) is -5.63. The molecule has 9 heteroatoms. The molecule has 2 amide bonds. The highest BCUT2D eigenvalue weighted by Gasteiger charge is 2.11. The number of nitrogens with one attached hydrogen (secondary N) is 2. The predicted molar refractivity (Wildman–Crippen MR) is 61.8 cm³/mol. The van der Waals surface area contributed by atoms with E-state index in [9.17, 15) is 22.8 Å². The monoisotopic (exact) mass is 292 g/mol. The van der Waals surface area contributed by atoms with Crippen molar-refractivity contribution in [2.45, 2.75) is 0 Å². The maximum absolute atomic E-state index is 12.9. The quantitative estimate of drug-likeness (QED) is 0.545. The van der Waals surface area contributed by atoms with Crippen LogP contribution in [0.5, 0.6) is 0 Å². The molecule has 0 spiro atoms. The molecule has 0 heterocycles. The predicted octanol–water partition coefficient (Wildman–Crippen LogP) is 1.33. The van der Waals surface area contributed by atoms with E-state index in [0.29, 0.717) is 12.1 Å². The second kappa shape index (κ2) is 7.34. The maximum atomic E-state index is 12.9. The smallest absolute Gasteiger partial charge is 0.329 e. The molecule has 6 nitrogen and oxygen atoms in total. The van der Waals surface area contributed by atoms with Crippen LogP contribution in [0.3, 0.4) is 0 Å². The van der Waals surface area contributed by atoms with Crippen LogP contribution in [-0.2, 0) is 9.53 Å². The molecule has 0 saturated carbocycles. The van der Waals surface area contributed by atoms with Crippen molar-refractivity contribution < 1.29 is 32.6 Å². The molecule has 1 aromatic carbocycles. The topological polar surface area (TPSA) is 87.7 Å². The Morgan fingerprint density at radius 2 is 1.80 bits per heavy atom. The number of carboxylic acid groups (broad SMARTS) is 1. The fourth-order valence-electron chi connectivity index (χ4n) is 1.20. The molecule has 0 saturated heterocycles. The van der Waals surface area contributed by atoms with Crippen LogP contribution in [0.1, 0.15) is 0 Å². The van der Waals surface area contributed by atoms with Crippen molar-refractivity contribution in [3.8, 4) is 0 Å².